The topological polar surface area (TPSA) is 96.5 Å². The maximum atomic E-state index is 12.2. The molecule has 0 saturated heterocycles. The molecule has 0 bridgehead atoms. The van der Waals surface area contributed by atoms with Gasteiger partial charge in [0.2, 0.25) is 5.91 Å². The number of ether oxygens (including phenoxy) is 1. The van der Waals surface area contributed by atoms with Crippen molar-refractivity contribution in [3.63, 3.8) is 0 Å². The van der Waals surface area contributed by atoms with Crippen molar-refractivity contribution in [1.82, 2.24) is 10.6 Å². The Bertz CT molecular complexity index is 911. The summed E-state index contributed by atoms with van der Waals surface area (Å²) < 4.78 is 5.04. The zero-order valence-corrected chi connectivity index (χ0v) is 18.2. The van der Waals surface area contributed by atoms with Gasteiger partial charge in [-0.25, -0.2) is 0 Å². The number of hydrogen-bond acceptors (Lipinski definition) is 5. The van der Waals surface area contributed by atoms with Gasteiger partial charge in [-0.2, -0.15) is 0 Å². The van der Waals surface area contributed by atoms with E-state index >= 15 is 0 Å². The SMILES string of the molecule is COc1ccc(NC(=O)C(=O)NCC(=O)NCC2(c3cccs3)CCCC2)cc1Cl. The molecule has 1 heterocycles. The Morgan fingerprint density at radius 1 is 1.13 bits per heavy atom. The fourth-order valence-electron chi connectivity index (χ4n) is 3.65. The van der Waals surface area contributed by atoms with Crippen LogP contribution in [0.5, 0.6) is 5.75 Å². The van der Waals surface area contributed by atoms with Crippen molar-refractivity contribution in [2.24, 2.45) is 0 Å². The predicted octanol–water partition coefficient (Wildman–Crippen LogP) is 3.09. The van der Waals surface area contributed by atoms with Crippen LogP contribution in [0.1, 0.15) is 30.6 Å². The van der Waals surface area contributed by atoms with Crippen molar-refractivity contribution in [3.8, 4) is 5.75 Å². The van der Waals surface area contributed by atoms with Gasteiger partial charge < -0.3 is 20.7 Å². The first-order valence-corrected chi connectivity index (χ1v) is 10.9. The molecule has 3 N–H and O–H groups in total. The van der Waals surface area contributed by atoms with Gasteiger partial charge in [0.15, 0.2) is 0 Å². The summed E-state index contributed by atoms with van der Waals surface area (Å²) in [4.78, 5) is 37.6. The largest absolute Gasteiger partial charge is 0.495 e. The highest BCUT2D eigenvalue weighted by atomic mass is 35.5. The first-order chi connectivity index (χ1) is 14.4. The Morgan fingerprint density at radius 2 is 1.90 bits per heavy atom. The zero-order chi connectivity index (χ0) is 21.6. The van der Waals surface area contributed by atoms with Crippen molar-refractivity contribution in [2.75, 3.05) is 25.5 Å². The molecule has 160 valence electrons. The highest BCUT2D eigenvalue weighted by molar-refractivity contribution is 7.10. The van der Waals surface area contributed by atoms with Gasteiger partial charge in [0.25, 0.3) is 0 Å². The maximum absolute atomic E-state index is 12.2. The van der Waals surface area contributed by atoms with E-state index in [1.54, 1.807) is 23.5 Å². The van der Waals surface area contributed by atoms with Crippen molar-refractivity contribution < 1.29 is 19.1 Å². The van der Waals surface area contributed by atoms with Crippen LogP contribution in [-0.2, 0) is 19.8 Å². The highest BCUT2D eigenvalue weighted by Crippen LogP contribution is 2.42. The van der Waals surface area contributed by atoms with E-state index in [0.29, 0.717) is 23.0 Å². The number of rotatable bonds is 7. The van der Waals surface area contributed by atoms with Gasteiger partial charge in [0, 0.05) is 22.5 Å². The number of thiophene rings is 1. The van der Waals surface area contributed by atoms with Crippen molar-refractivity contribution in [3.05, 3.63) is 45.6 Å². The number of carbonyl (C=O) groups excluding carboxylic acids is 3. The Morgan fingerprint density at radius 3 is 2.53 bits per heavy atom. The average molecular weight is 450 g/mol. The van der Waals surface area contributed by atoms with Crippen LogP contribution in [0.25, 0.3) is 0 Å². The molecule has 0 atom stereocenters. The van der Waals surface area contributed by atoms with E-state index in [0.717, 1.165) is 25.7 Å². The van der Waals surface area contributed by atoms with E-state index in [4.69, 9.17) is 16.3 Å². The third-order valence-corrected chi connectivity index (χ3v) is 6.67. The molecule has 1 aliphatic rings. The normalized spacial score (nSPS) is 14.7. The summed E-state index contributed by atoms with van der Waals surface area (Å²) in [6.45, 7) is 0.259. The molecule has 1 aromatic carbocycles. The number of anilines is 1. The molecule has 1 aromatic heterocycles. The molecule has 0 spiro atoms. The van der Waals surface area contributed by atoms with Crippen LogP contribution in [0.3, 0.4) is 0 Å². The van der Waals surface area contributed by atoms with Crippen LogP contribution in [0, 0.1) is 0 Å². The number of nitrogens with one attached hydrogen (secondary N) is 3. The summed E-state index contributed by atoms with van der Waals surface area (Å²) in [5, 5.41) is 10.0. The minimum Gasteiger partial charge on any atom is -0.495 e. The first-order valence-electron chi connectivity index (χ1n) is 9.67. The van der Waals surface area contributed by atoms with Crippen LogP contribution in [0.15, 0.2) is 35.7 Å². The Kier molecular flexibility index (Phi) is 7.33. The summed E-state index contributed by atoms with van der Waals surface area (Å²) in [5.41, 5.74) is 0.322. The number of methoxy groups -OCH3 is 1. The van der Waals surface area contributed by atoms with Crippen LogP contribution >= 0.6 is 22.9 Å². The summed E-state index contributed by atoms with van der Waals surface area (Å²) in [5.74, 6) is -1.65. The van der Waals surface area contributed by atoms with Gasteiger partial charge >= 0.3 is 11.8 Å². The molecule has 0 unspecified atom stereocenters. The molecule has 7 nitrogen and oxygen atoms in total. The summed E-state index contributed by atoms with van der Waals surface area (Å²) in [7, 11) is 1.48. The third-order valence-electron chi connectivity index (χ3n) is 5.25. The number of amides is 3. The van der Waals surface area contributed by atoms with Gasteiger partial charge in [-0.05, 0) is 42.5 Å². The van der Waals surface area contributed by atoms with E-state index in [-0.39, 0.29) is 17.9 Å². The molecule has 9 heteroatoms. The molecule has 30 heavy (non-hydrogen) atoms. The Balaban J connectivity index is 1.46. The average Bonchev–Trinajstić information content (AvgIpc) is 3.43. The van der Waals surface area contributed by atoms with Crippen LogP contribution in [-0.4, -0.2) is 37.9 Å². The van der Waals surface area contributed by atoms with Crippen molar-refractivity contribution in [1.29, 1.82) is 0 Å². The van der Waals surface area contributed by atoms with Gasteiger partial charge in [-0.1, -0.05) is 30.5 Å². The second kappa shape index (κ2) is 9.95. The van der Waals surface area contributed by atoms with Gasteiger partial charge in [-0.3, -0.25) is 14.4 Å². The molecule has 1 aliphatic carbocycles. The second-order valence-corrected chi connectivity index (χ2v) is 8.58. The summed E-state index contributed by atoms with van der Waals surface area (Å²) in [6, 6.07) is 8.75. The fourth-order valence-corrected chi connectivity index (χ4v) is 4.89. The Hall–Kier alpha value is -2.58. The monoisotopic (exact) mass is 449 g/mol. The maximum Gasteiger partial charge on any atom is 0.313 e. The van der Waals surface area contributed by atoms with E-state index in [9.17, 15) is 14.4 Å². The number of halogens is 1. The van der Waals surface area contributed by atoms with Crippen molar-refractivity contribution >= 4 is 46.3 Å². The molecular formula is C21H24ClN3O4S. The highest BCUT2D eigenvalue weighted by Gasteiger charge is 2.36. The minimum atomic E-state index is -0.897. The smallest absolute Gasteiger partial charge is 0.313 e. The lowest BCUT2D eigenvalue weighted by Gasteiger charge is -2.28. The van der Waals surface area contributed by atoms with Gasteiger partial charge in [-0.15, -0.1) is 11.3 Å². The molecule has 3 rings (SSSR count). The van der Waals surface area contributed by atoms with E-state index < -0.39 is 11.8 Å². The van der Waals surface area contributed by atoms with Gasteiger partial charge in [0.05, 0.1) is 18.7 Å². The fraction of sp³-hybridized carbons (Fsp3) is 0.381. The summed E-state index contributed by atoms with van der Waals surface area (Å²) >= 11 is 7.71. The molecule has 0 radical (unpaired) electrons. The molecule has 1 saturated carbocycles. The second-order valence-electron chi connectivity index (χ2n) is 7.23. The molecule has 0 aliphatic heterocycles. The quantitative estimate of drug-likeness (QED) is 0.566. The van der Waals surface area contributed by atoms with E-state index in [1.165, 1.54) is 18.1 Å². The lowest BCUT2D eigenvalue weighted by molar-refractivity contribution is -0.136. The number of carbonyl (C=O) groups is 3. The molecule has 3 amide bonds. The first kappa shape index (κ1) is 22.1. The Labute approximate surface area is 184 Å². The van der Waals surface area contributed by atoms with E-state index in [1.807, 2.05) is 11.4 Å². The van der Waals surface area contributed by atoms with Crippen LogP contribution in [0.4, 0.5) is 5.69 Å². The van der Waals surface area contributed by atoms with Crippen LogP contribution in [0.2, 0.25) is 5.02 Å². The van der Waals surface area contributed by atoms with E-state index in [2.05, 4.69) is 22.0 Å². The summed E-state index contributed by atoms with van der Waals surface area (Å²) in [6.07, 6.45) is 4.35. The van der Waals surface area contributed by atoms with Crippen molar-refractivity contribution in [2.45, 2.75) is 31.1 Å². The van der Waals surface area contributed by atoms with Gasteiger partial charge in [0.1, 0.15) is 5.75 Å². The zero-order valence-electron chi connectivity index (χ0n) is 16.6. The third kappa shape index (κ3) is 5.31. The lowest BCUT2D eigenvalue weighted by atomic mass is 9.84. The standard InChI is InChI=1S/C21H24ClN3O4S/c1-29-16-7-6-14(11-15(16)22)25-20(28)19(27)23-12-18(26)24-13-21(8-2-3-9-21)17-5-4-10-30-17/h4-7,10-11H,2-3,8-9,12-13H2,1H3,(H,23,27)(H,24,26)(H,25,28). The lowest BCUT2D eigenvalue weighted by Crippen LogP contribution is -2.45. The predicted molar refractivity (Wildman–Crippen MR) is 117 cm³/mol. The number of hydrogen-bond donors (Lipinski definition) is 3. The van der Waals surface area contributed by atoms with Crippen LogP contribution < -0.4 is 20.7 Å². The number of benzene rings is 1. The molecule has 1 fully saturated rings. The molecular weight excluding hydrogens is 426 g/mol. The minimum absolute atomic E-state index is 0.0289. The molecule has 2 aromatic rings.